The Labute approximate surface area is 151 Å². The lowest BCUT2D eigenvalue weighted by Crippen LogP contribution is -2.17. The normalized spacial score (nSPS) is 11.5. The second-order valence-electron chi connectivity index (χ2n) is 5.06. The maximum Gasteiger partial charge on any atom is 0.261 e. The number of nitrogens with one attached hydrogen (secondary N) is 1. The van der Waals surface area contributed by atoms with Crippen LogP contribution in [-0.4, -0.2) is 22.0 Å². The van der Waals surface area contributed by atoms with Gasteiger partial charge in [0.05, 0.1) is 10.7 Å². The third-order valence-corrected chi connectivity index (χ3v) is 5.56. The second-order valence-corrected chi connectivity index (χ2v) is 7.20. The van der Waals surface area contributed by atoms with Gasteiger partial charge in [0.15, 0.2) is 5.78 Å². The van der Waals surface area contributed by atoms with E-state index in [0.717, 1.165) is 15.9 Å². The molecule has 0 bridgehead atoms. The summed E-state index contributed by atoms with van der Waals surface area (Å²) in [4.78, 5) is 33.3. The fourth-order valence-corrected chi connectivity index (χ4v) is 4.11. The Morgan fingerprint density at radius 3 is 2.96 bits per heavy atom. The molecule has 0 saturated heterocycles. The number of thioether (sulfide) groups is 1. The van der Waals surface area contributed by atoms with Crippen molar-refractivity contribution in [2.75, 3.05) is 6.26 Å². The van der Waals surface area contributed by atoms with Crippen molar-refractivity contribution in [2.24, 2.45) is 0 Å². The lowest BCUT2D eigenvalue weighted by atomic mass is 10.1. The zero-order valence-corrected chi connectivity index (χ0v) is 15.3. The molecule has 0 amide bonds. The van der Waals surface area contributed by atoms with Gasteiger partial charge in [-0.3, -0.25) is 14.6 Å². The number of ketones is 1. The van der Waals surface area contributed by atoms with Gasteiger partial charge < -0.3 is 4.98 Å². The molecule has 3 aromatic rings. The number of aryl methyl sites for hydroxylation is 1. The lowest BCUT2D eigenvalue weighted by Gasteiger charge is -2.05. The Morgan fingerprint density at radius 1 is 1.46 bits per heavy atom. The zero-order valence-electron chi connectivity index (χ0n) is 12.9. The maximum atomic E-state index is 12.6. The van der Waals surface area contributed by atoms with Gasteiger partial charge in [-0.1, -0.05) is 11.6 Å². The molecular weight excluding hydrogens is 364 g/mol. The summed E-state index contributed by atoms with van der Waals surface area (Å²) in [5.74, 6) is -0.342. The molecular formula is C17H13ClN2O2S2. The number of thiophene rings is 1. The summed E-state index contributed by atoms with van der Waals surface area (Å²) in [6.45, 7) is 1.81. The van der Waals surface area contributed by atoms with E-state index in [-0.39, 0.29) is 16.9 Å². The van der Waals surface area contributed by atoms with Crippen LogP contribution < -0.4 is 5.56 Å². The molecule has 3 aromatic heterocycles. The second kappa shape index (κ2) is 6.93. The van der Waals surface area contributed by atoms with E-state index >= 15 is 0 Å². The van der Waals surface area contributed by atoms with Crippen LogP contribution in [0.1, 0.15) is 21.6 Å². The summed E-state index contributed by atoms with van der Waals surface area (Å²) in [5, 5.41) is 3.32. The van der Waals surface area contributed by atoms with Crippen molar-refractivity contribution < 1.29 is 4.79 Å². The van der Waals surface area contributed by atoms with Gasteiger partial charge in [0.1, 0.15) is 10.4 Å². The van der Waals surface area contributed by atoms with E-state index in [0.29, 0.717) is 15.5 Å². The van der Waals surface area contributed by atoms with E-state index in [1.807, 2.05) is 17.7 Å². The molecule has 0 radical (unpaired) electrons. The lowest BCUT2D eigenvalue weighted by molar-refractivity contribution is 0.104. The third kappa shape index (κ3) is 3.17. The first kappa shape index (κ1) is 17.0. The van der Waals surface area contributed by atoms with Crippen molar-refractivity contribution in [3.63, 3.8) is 0 Å². The van der Waals surface area contributed by atoms with Crippen molar-refractivity contribution in [2.45, 2.75) is 11.8 Å². The topological polar surface area (TPSA) is 62.8 Å². The smallest absolute Gasteiger partial charge is 0.261 e. The summed E-state index contributed by atoms with van der Waals surface area (Å²) in [6, 6.07) is 3.64. The number of carbonyl (C=O) groups excluding carboxylic acids is 1. The first-order chi connectivity index (χ1) is 11.5. The quantitative estimate of drug-likeness (QED) is 0.411. The Bertz CT molecular complexity index is 1020. The highest BCUT2D eigenvalue weighted by Gasteiger charge is 2.17. The van der Waals surface area contributed by atoms with E-state index in [1.165, 1.54) is 29.2 Å². The standard InChI is InChI=1S/C17H13ClN2O2S2/c1-9-12(18)7-10(8-19-9)3-4-13(21)14-15(23-2)11-5-6-24-17(11)20-16(14)22/h3-8H,1-2H3,(H,20,22)/b4-3+. The molecule has 0 aromatic carbocycles. The van der Waals surface area contributed by atoms with Crippen LogP contribution in [0.4, 0.5) is 0 Å². The van der Waals surface area contributed by atoms with Crippen LogP contribution in [0, 0.1) is 6.92 Å². The molecule has 7 heteroatoms. The van der Waals surface area contributed by atoms with Crippen LogP contribution in [0.3, 0.4) is 0 Å². The number of hydrogen-bond donors (Lipinski definition) is 1. The number of halogens is 1. The van der Waals surface area contributed by atoms with Crippen LogP contribution >= 0.6 is 34.7 Å². The van der Waals surface area contributed by atoms with Gasteiger partial charge in [-0.2, -0.15) is 0 Å². The monoisotopic (exact) mass is 376 g/mol. The maximum absolute atomic E-state index is 12.6. The van der Waals surface area contributed by atoms with Crippen molar-refractivity contribution in [1.82, 2.24) is 9.97 Å². The number of H-pyrrole nitrogens is 1. The van der Waals surface area contributed by atoms with E-state index < -0.39 is 0 Å². The molecule has 0 saturated carbocycles. The predicted octanol–water partition coefficient (Wildman–Crippen LogP) is 4.56. The first-order valence-corrected chi connectivity index (χ1v) is 9.51. The van der Waals surface area contributed by atoms with Crippen LogP contribution in [0.25, 0.3) is 16.3 Å². The fourth-order valence-electron chi connectivity index (χ4n) is 2.29. The molecule has 0 aliphatic rings. The highest BCUT2D eigenvalue weighted by atomic mass is 35.5. The zero-order chi connectivity index (χ0) is 17.3. The Balaban J connectivity index is 2.02. The number of carbonyl (C=O) groups is 1. The van der Waals surface area contributed by atoms with Gasteiger partial charge in [-0.05, 0) is 48.4 Å². The van der Waals surface area contributed by atoms with Crippen molar-refractivity contribution in [3.05, 3.63) is 62.0 Å². The highest BCUT2D eigenvalue weighted by Crippen LogP contribution is 2.30. The van der Waals surface area contributed by atoms with E-state index in [4.69, 9.17) is 11.6 Å². The van der Waals surface area contributed by atoms with Gasteiger partial charge in [0, 0.05) is 16.5 Å². The van der Waals surface area contributed by atoms with E-state index in [1.54, 1.807) is 25.3 Å². The number of nitrogens with zero attached hydrogens (tertiary/aromatic N) is 1. The molecule has 0 unspecified atom stereocenters. The van der Waals surface area contributed by atoms with Crippen LogP contribution in [-0.2, 0) is 0 Å². The predicted molar refractivity (Wildman–Crippen MR) is 102 cm³/mol. The molecule has 24 heavy (non-hydrogen) atoms. The van der Waals surface area contributed by atoms with Gasteiger partial charge in [-0.25, -0.2) is 0 Å². The minimum atomic E-state index is -0.371. The molecule has 3 heterocycles. The average Bonchev–Trinajstić information content (AvgIpc) is 3.02. The molecule has 0 fully saturated rings. The molecule has 0 atom stereocenters. The number of aromatic amines is 1. The number of rotatable bonds is 4. The van der Waals surface area contributed by atoms with Crippen LogP contribution in [0.15, 0.2) is 39.5 Å². The average molecular weight is 377 g/mol. The molecule has 4 nitrogen and oxygen atoms in total. The Morgan fingerprint density at radius 2 is 2.25 bits per heavy atom. The molecule has 0 spiro atoms. The summed E-state index contributed by atoms with van der Waals surface area (Å²) < 4.78 is 0. The van der Waals surface area contributed by atoms with E-state index in [2.05, 4.69) is 9.97 Å². The number of allylic oxidation sites excluding steroid dienone is 1. The van der Waals surface area contributed by atoms with Crippen LogP contribution in [0.5, 0.6) is 0 Å². The molecule has 3 rings (SSSR count). The first-order valence-electron chi connectivity index (χ1n) is 7.03. The number of fused-ring (bicyclic) bond motifs is 1. The van der Waals surface area contributed by atoms with Gasteiger partial charge in [-0.15, -0.1) is 23.1 Å². The summed E-state index contributed by atoms with van der Waals surface area (Å²) in [5.41, 5.74) is 1.22. The Kier molecular flexibility index (Phi) is 4.89. The number of pyridine rings is 2. The minimum absolute atomic E-state index is 0.163. The SMILES string of the molecule is CSc1c(C(=O)/C=C/c2cnc(C)c(Cl)c2)c(=O)[nH]c2sccc12. The summed E-state index contributed by atoms with van der Waals surface area (Å²) >= 11 is 8.87. The van der Waals surface area contributed by atoms with Gasteiger partial charge in [0.2, 0.25) is 0 Å². The van der Waals surface area contributed by atoms with E-state index in [9.17, 15) is 9.59 Å². The molecule has 0 aliphatic carbocycles. The Hall–Kier alpha value is -1.89. The largest absolute Gasteiger partial charge is 0.313 e. The fraction of sp³-hybridized carbons (Fsp3) is 0.118. The van der Waals surface area contributed by atoms with Crippen molar-refractivity contribution in [3.8, 4) is 0 Å². The number of aromatic nitrogens is 2. The number of hydrogen-bond acceptors (Lipinski definition) is 5. The van der Waals surface area contributed by atoms with Crippen LogP contribution in [0.2, 0.25) is 5.02 Å². The molecule has 122 valence electrons. The van der Waals surface area contributed by atoms with Gasteiger partial charge >= 0.3 is 0 Å². The summed E-state index contributed by atoms with van der Waals surface area (Å²) in [6.07, 6.45) is 6.48. The van der Waals surface area contributed by atoms with Gasteiger partial charge in [0.25, 0.3) is 5.56 Å². The molecule has 0 aliphatic heterocycles. The van der Waals surface area contributed by atoms with Crippen molar-refractivity contribution in [1.29, 1.82) is 0 Å². The molecule has 1 N–H and O–H groups in total. The summed E-state index contributed by atoms with van der Waals surface area (Å²) in [7, 11) is 0. The minimum Gasteiger partial charge on any atom is -0.313 e. The third-order valence-electron chi connectivity index (χ3n) is 3.52. The highest BCUT2D eigenvalue weighted by molar-refractivity contribution is 7.99. The van der Waals surface area contributed by atoms with Crippen molar-refractivity contribution >= 4 is 56.8 Å².